The van der Waals surface area contributed by atoms with Gasteiger partial charge in [0, 0.05) is 10.0 Å². The largest absolute Gasteiger partial charge is 0.493 e. The number of halogens is 1. The van der Waals surface area contributed by atoms with E-state index in [9.17, 15) is 5.11 Å². The summed E-state index contributed by atoms with van der Waals surface area (Å²) in [6.45, 7) is 4.37. The van der Waals surface area contributed by atoms with E-state index in [1.165, 1.54) is 0 Å². The van der Waals surface area contributed by atoms with Gasteiger partial charge in [0.15, 0.2) is 0 Å². The molecule has 0 amide bonds. The molecule has 0 radical (unpaired) electrons. The number of rotatable bonds is 4. The van der Waals surface area contributed by atoms with Gasteiger partial charge in [-0.15, -0.1) is 0 Å². The van der Waals surface area contributed by atoms with Crippen molar-refractivity contribution in [1.82, 2.24) is 0 Å². The normalized spacial score (nSPS) is 12.4. The van der Waals surface area contributed by atoms with E-state index >= 15 is 0 Å². The van der Waals surface area contributed by atoms with Gasteiger partial charge in [0.25, 0.3) is 0 Å². The smallest absolute Gasteiger partial charge is 0.140 e. The molecule has 1 N–H and O–H groups in total. The summed E-state index contributed by atoms with van der Waals surface area (Å²) < 4.78 is 11.8. The third kappa shape index (κ3) is 2.60. The molecule has 96 valence electrons. The van der Waals surface area contributed by atoms with Crippen molar-refractivity contribution in [2.75, 3.05) is 6.61 Å². The molecule has 1 aromatic heterocycles. The van der Waals surface area contributed by atoms with Gasteiger partial charge in [0.1, 0.15) is 17.6 Å². The number of aryl methyl sites for hydroxylation is 1. The van der Waals surface area contributed by atoms with Crippen LogP contribution in [0.25, 0.3) is 0 Å². The highest BCUT2D eigenvalue weighted by molar-refractivity contribution is 9.10. The van der Waals surface area contributed by atoms with Gasteiger partial charge in [-0.2, -0.15) is 0 Å². The van der Waals surface area contributed by atoms with Crippen LogP contribution >= 0.6 is 15.9 Å². The van der Waals surface area contributed by atoms with Gasteiger partial charge in [0.2, 0.25) is 0 Å². The summed E-state index contributed by atoms with van der Waals surface area (Å²) in [4.78, 5) is 0. The van der Waals surface area contributed by atoms with Gasteiger partial charge in [-0.25, -0.2) is 0 Å². The second kappa shape index (κ2) is 5.59. The minimum atomic E-state index is -0.820. The molecule has 0 bridgehead atoms. The maximum Gasteiger partial charge on any atom is 0.140 e. The van der Waals surface area contributed by atoms with Crippen molar-refractivity contribution in [1.29, 1.82) is 0 Å². The summed E-state index contributed by atoms with van der Waals surface area (Å²) in [5.41, 5.74) is 1.62. The Labute approximate surface area is 115 Å². The molecule has 18 heavy (non-hydrogen) atoms. The molecule has 4 heteroatoms. The van der Waals surface area contributed by atoms with Crippen molar-refractivity contribution < 1.29 is 14.3 Å². The quantitative estimate of drug-likeness (QED) is 0.933. The first-order valence-corrected chi connectivity index (χ1v) is 6.57. The second-order valence-corrected chi connectivity index (χ2v) is 4.90. The van der Waals surface area contributed by atoms with Crippen LogP contribution in [-0.2, 0) is 0 Å². The fraction of sp³-hybridized carbons (Fsp3) is 0.286. The summed E-state index contributed by atoms with van der Waals surface area (Å²) >= 11 is 3.40. The van der Waals surface area contributed by atoms with E-state index in [0.29, 0.717) is 23.7 Å². The molecular weight excluding hydrogens is 296 g/mol. The topological polar surface area (TPSA) is 42.6 Å². The predicted octanol–water partition coefficient (Wildman–Crippen LogP) is 3.83. The highest BCUT2D eigenvalue weighted by atomic mass is 79.9. The van der Waals surface area contributed by atoms with Crippen molar-refractivity contribution in [2.45, 2.75) is 20.0 Å². The standard InChI is InChI=1S/C14H15BrO3/c1-3-17-12-5-4-10(15)8-11(12)13(16)14-9(2)6-7-18-14/h4-8,13,16H,3H2,1-2H3. The number of furan rings is 1. The Hall–Kier alpha value is -1.26. The number of hydrogen-bond donors (Lipinski definition) is 1. The molecule has 0 aliphatic heterocycles. The lowest BCUT2D eigenvalue weighted by Gasteiger charge is -2.15. The van der Waals surface area contributed by atoms with E-state index in [0.717, 1.165) is 10.0 Å². The van der Waals surface area contributed by atoms with Crippen LogP contribution < -0.4 is 4.74 Å². The molecule has 3 nitrogen and oxygen atoms in total. The van der Waals surface area contributed by atoms with Gasteiger partial charge < -0.3 is 14.3 Å². The molecule has 1 atom stereocenters. The highest BCUT2D eigenvalue weighted by Crippen LogP contribution is 2.34. The molecule has 1 aromatic carbocycles. The minimum Gasteiger partial charge on any atom is -0.493 e. The Morgan fingerprint density at radius 1 is 1.39 bits per heavy atom. The number of aliphatic hydroxyl groups is 1. The predicted molar refractivity (Wildman–Crippen MR) is 72.8 cm³/mol. The van der Waals surface area contributed by atoms with Gasteiger partial charge in [-0.3, -0.25) is 0 Å². The van der Waals surface area contributed by atoms with Gasteiger partial charge >= 0.3 is 0 Å². The van der Waals surface area contributed by atoms with E-state index < -0.39 is 6.10 Å². The van der Waals surface area contributed by atoms with Crippen LogP contribution in [0.1, 0.15) is 29.9 Å². The summed E-state index contributed by atoms with van der Waals surface area (Å²) in [6, 6.07) is 7.40. The maximum absolute atomic E-state index is 10.4. The molecule has 2 rings (SSSR count). The highest BCUT2D eigenvalue weighted by Gasteiger charge is 2.20. The lowest BCUT2D eigenvalue weighted by Crippen LogP contribution is -2.04. The monoisotopic (exact) mass is 310 g/mol. The van der Waals surface area contributed by atoms with E-state index in [4.69, 9.17) is 9.15 Å². The van der Waals surface area contributed by atoms with Crippen molar-refractivity contribution in [3.05, 3.63) is 51.9 Å². The van der Waals surface area contributed by atoms with Crippen LogP contribution in [0.2, 0.25) is 0 Å². The van der Waals surface area contributed by atoms with E-state index in [1.807, 2.05) is 38.1 Å². The summed E-state index contributed by atoms with van der Waals surface area (Å²) in [5, 5.41) is 10.4. The first-order valence-electron chi connectivity index (χ1n) is 5.77. The van der Waals surface area contributed by atoms with Crippen LogP contribution in [0.15, 0.2) is 39.4 Å². The second-order valence-electron chi connectivity index (χ2n) is 3.99. The number of hydrogen-bond acceptors (Lipinski definition) is 3. The van der Waals surface area contributed by atoms with E-state index in [2.05, 4.69) is 15.9 Å². The third-order valence-corrected chi connectivity index (χ3v) is 3.21. The first-order chi connectivity index (χ1) is 8.63. The third-order valence-electron chi connectivity index (χ3n) is 2.72. The zero-order chi connectivity index (χ0) is 13.1. The SMILES string of the molecule is CCOc1ccc(Br)cc1C(O)c1occc1C. The van der Waals surface area contributed by atoms with Crippen molar-refractivity contribution >= 4 is 15.9 Å². The van der Waals surface area contributed by atoms with E-state index in [1.54, 1.807) is 6.26 Å². The van der Waals surface area contributed by atoms with Crippen molar-refractivity contribution in [3.63, 3.8) is 0 Å². The van der Waals surface area contributed by atoms with Crippen LogP contribution in [0, 0.1) is 6.92 Å². The Balaban J connectivity index is 2.43. The maximum atomic E-state index is 10.4. The molecule has 0 aliphatic carbocycles. The molecule has 0 saturated carbocycles. The first kappa shape index (κ1) is 13.2. The van der Waals surface area contributed by atoms with Crippen LogP contribution in [-0.4, -0.2) is 11.7 Å². The minimum absolute atomic E-state index is 0.550. The van der Waals surface area contributed by atoms with Crippen LogP contribution in [0.3, 0.4) is 0 Å². The summed E-state index contributed by atoms with van der Waals surface area (Å²) in [7, 11) is 0. The molecule has 0 fully saturated rings. The van der Waals surface area contributed by atoms with Crippen molar-refractivity contribution in [2.24, 2.45) is 0 Å². The van der Waals surface area contributed by atoms with Crippen LogP contribution in [0.4, 0.5) is 0 Å². The number of benzene rings is 1. The Bertz CT molecular complexity index is 534. The molecule has 1 unspecified atom stereocenters. The number of aliphatic hydroxyl groups excluding tert-OH is 1. The summed E-state index contributed by atoms with van der Waals surface area (Å²) in [5.74, 6) is 1.22. The average Bonchev–Trinajstić information content (AvgIpc) is 2.77. The molecule has 0 saturated heterocycles. The molecular formula is C14H15BrO3. The van der Waals surface area contributed by atoms with Crippen LogP contribution in [0.5, 0.6) is 5.75 Å². The molecule has 0 aliphatic rings. The molecule has 2 aromatic rings. The van der Waals surface area contributed by atoms with Gasteiger partial charge in [-0.1, -0.05) is 15.9 Å². The Kier molecular flexibility index (Phi) is 4.09. The molecule has 1 heterocycles. The lowest BCUT2D eigenvalue weighted by molar-refractivity contribution is 0.182. The summed E-state index contributed by atoms with van der Waals surface area (Å²) in [6.07, 6.45) is 0.755. The lowest BCUT2D eigenvalue weighted by atomic mass is 10.0. The average molecular weight is 311 g/mol. The zero-order valence-electron chi connectivity index (χ0n) is 10.3. The fourth-order valence-electron chi connectivity index (χ4n) is 1.83. The van der Waals surface area contributed by atoms with Crippen molar-refractivity contribution in [3.8, 4) is 5.75 Å². The Morgan fingerprint density at radius 3 is 2.78 bits per heavy atom. The van der Waals surface area contributed by atoms with Gasteiger partial charge in [-0.05, 0) is 43.7 Å². The number of ether oxygens (including phenoxy) is 1. The zero-order valence-corrected chi connectivity index (χ0v) is 11.9. The van der Waals surface area contributed by atoms with Gasteiger partial charge in [0.05, 0.1) is 12.9 Å². The molecule has 0 spiro atoms. The Morgan fingerprint density at radius 2 is 2.17 bits per heavy atom. The fourth-order valence-corrected chi connectivity index (χ4v) is 2.20. The van der Waals surface area contributed by atoms with E-state index in [-0.39, 0.29) is 0 Å².